The van der Waals surface area contributed by atoms with Crippen LogP contribution in [0, 0.1) is 0 Å². The summed E-state index contributed by atoms with van der Waals surface area (Å²) in [5, 5.41) is 12.3. The predicted molar refractivity (Wildman–Crippen MR) is 73.5 cm³/mol. The fourth-order valence-electron chi connectivity index (χ4n) is 2.63. The highest BCUT2D eigenvalue weighted by atomic mass is 16.5. The maximum Gasteiger partial charge on any atom is 0.305 e. The molecule has 1 unspecified atom stereocenters. The van der Waals surface area contributed by atoms with Crippen LogP contribution in [0.1, 0.15) is 44.4 Å². The molecule has 1 aliphatic rings. The SMILES string of the molecule is CCNC(CC(=O)O)c1cccc2c1OC(C)(C)C2. The van der Waals surface area contributed by atoms with E-state index in [1.807, 2.05) is 19.1 Å². The number of ether oxygens (including phenoxy) is 1. The maximum atomic E-state index is 11.0. The molecule has 1 atom stereocenters. The van der Waals surface area contributed by atoms with Crippen LogP contribution in [0.25, 0.3) is 0 Å². The molecule has 2 N–H and O–H groups in total. The molecule has 0 spiro atoms. The van der Waals surface area contributed by atoms with Gasteiger partial charge in [-0.2, -0.15) is 0 Å². The molecule has 0 radical (unpaired) electrons. The van der Waals surface area contributed by atoms with E-state index in [0.29, 0.717) is 0 Å². The Kier molecular flexibility index (Phi) is 3.80. The molecule has 1 aliphatic heterocycles. The zero-order valence-corrected chi connectivity index (χ0v) is 11.7. The smallest absolute Gasteiger partial charge is 0.305 e. The molecule has 4 heteroatoms. The molecule has 0 bridgehead atoms. The van der Waals surface area contributed by atoms with Crippen LogP contribution in [0.15, 0.2) is 18.2 Å². The van der Waals surface area contributed by atoms with Crippen molar-refractivity contribution < 1.29 is 14.6 Å². The number of fused-ring (bicyclic) bond motifs is 1. The third-order valence-electron chi connectivity index (χ3n) is 3.33. The van der Waals surface area contributed by atoms with Crippen molar-refractivity contribution in [1.29, 1.82) is 0 Å². The van der Waals surface area contributed by atoms with E-state index >= 15 is 0 Å². The van der Waals surface area contributed by atoms with E-state index in [1.165, 1.54) is 0 Å². The lowest BCUT2D eigenvalue weighted by Crippen LogP contribution is -2.26. The van der Waals surface area contributed by atoms with Crippen molar-refractivity contribution in [2.75, 3.05) is 6.54 Å². The molecule has 19 heavy (non-hydrogen) atoms. The van der Waals surface area contributed by atoms with Crippen LogP contribution in [-0.2, 0) is 11.2 Å². The number of para-hydroxylation sites is 1. The number of benzene rings is 1. The first-order valence-electron chi connectivity index (χ1n) is 6.69. The summed E-state index contributed by atoms with van der Waals surface area (Å²) in [7, 11) is 0. The molecular formula is C15H21NO3. The lowest BCUT2D eigenvalue weighted by Gasteiger charge is -2.22. The van der Waals surface area contributed by atoms with Gasteiger partial charge in [-0.25, -0.2) is 0 Å². The van der Waals surface area contributed by atoms with Crippen molar-refractivity contribution in [3.63, 3.8) is 0 Å². The number of nitrogens with one attached hydrogen (secondary N) is 1. The van der Waals surface area contributed by atoms with E-state index in [2.05, 4.69) is 25.2 Å². The maximum absolute atomic E-state index is 11.0. The zero-order chi connectivity index (χ0) is 14.0. The first-order valence-corrected chi connectivity index (χ1v) is 6.69. The topological polar surface area (TPSA) is 58.6 Å². The van der Waals surface area contributed by atoms with Crippen LogP contribution in [0.3, 0.4) is 0 Å². The molecule has 1 aromatic rings. The van der Waals surface area contributed by atoms with E-state index in [0.717, 1.165) is 29.8 Å². The summed E-state index contributed by atoms with van der Waals surface area (Å²) >= 11 is 0. The monoisotopic (exact) mass is 263 g/mol. The van der Waals surface area contributed by atoms with Gasteiger partial charge in [-0.3, -0.25) is 4.79 Å². The van der Waals surface area contributed by atoms with Crippen molar-refractivity contribution >= 4 is 5.97 Å². The number of carboxylic acids is 1. The Hall–Kier alpha value is -1.55. The highest BCUT2D eigenvalue weighted by molar-refractivity contribution is 5.68. The van der Waals surface area contributed by atoms with Gasteiger partial charge in [0.2, 0.25) is 0 Å². The first-order chi connectivity index (χ1) is 8.93. The summed E-state index contributed by atoms with van der Waals surface area (Å²) in [5.41, 5.74) is 1.90. The Labute approximate surface area is 113 Å². The summed E-state index contributed by atoms with van der Waals surface area (Å²) in [6.07, 6.45) is 0.927. The third kappa shape index (κ3) is 3.07. The highest BCUT2D eigenvalue weighted by Gasteiger charge is 2.33. The molecule has 0 fully saturated rings. The lowest BCUT2D eigenvalue weighted by atomic mass is 9.97. The lowest BCUT2D eigenvalue weighted by molar-refractivity contribution is -0.137. The number of aliphatic carboxylic acids is 1. The Morgan fingerprint density at radius 3 is 2.89 bits per heavy atom. The van der Waals surface area contributed by atoms with Crippen molar-refractivity contribution in [2.45, 2.75) is 45.3 Å². The van der Waals surface area contributed by atoms with Crippen LogP contribution in [0.5, 0.6) is 5.75 Å². The summed E-state index contributed by atoms with van der Waals surface area (Å²) in [4.78, 5) is 11.0. The van der Waals surface area contributed by atoms with Gasteiger partial charge in [0.25, 0.3) is 0 Å². The second-order valence-corrected chi connectivity index (χ2v) is 5.58. The summed E-state index contributed by atoms with van der Waals surface area (Å²) in [5.74, 6) is 0.0560. The molecule has 0 aliphatic carbocycles. The quantitative estimate of drug-likeness (QED) is 0.857. The molecule has 0 amide bonds. The number of rotatable bonds is 5. The molecule has 1 aromatic carbocycles. The van der Waals surface area contributed by atoms with E-state index < -0.39 is 5.97 Å². The minimum atomic E-state index is -0.805. The van der Waals surface area contributed by atoms with Gasteiger partial charge in [0.15, 0.2) is 0 Å². The highest BCUT2D eigenvalue weighted by Crippen LogP contribution is 2.40. The van der Waals surface area contributed by atoms with E-state index in [4.69, 9.17) is 9.84 Å². The Morgan fingerprint density at radius 2 is 2.26 bits per heavy atom. The zero-order valence-electron chi connectivity index (χ0n) is 11.7. The molecule has 0 saturated carbocycles. The van der Waals surface area contributed by atoms with Gasteiger partial charge >= 0.3 is 5.97 Å². The van der Waals surface area contributed by atoms with Crippen LogP contribution in [0.4, 0.5) is 0 Å². The van der Waals surface area contributed by atoms with Gasteiger partial charge < -0.3 is 15.2 Å². The number of hydrogen-bond donors (Lipinski definition) is 2. The van der Waals surface area contributed by atoms with Gasteiger partial charge in [0.1, 0.15) is 11.4 Å². The van der Waals surface area contributed by atoms with Gasteiger partial charge in [0.05, 0.1) is 6.42 Å². The van der Waals surface area contributed by atoms with Crippen LogP contribution >= 0.6 is 0 Å². The molecule has 2 rings (SSSR count). The van der Waals surface area contributed by atoms with Crippen molar-refractivity contribution in [3.8, 4) is 5.75 Å². The number of carboxylic acid groups (broad SMARTS) is 1. The van der Waals surface area contributed by atoms with Crippen LogP contribution in [-0.4, -0.2) is 23.2 Å². The normalized spacial score (nSPS) is 17.6. The predicted octanol–water partition coefficient (Wildman–Crippen LogP) is 2.53. The summed E-state index contributed by atoms with van der Waals surface area (Å²) in [6, 6.07) is 5.78. The van der Waals surface area contributed by atoms with Crippen molar-refractivity contribution in [2.24, 2.45) is 0 Å². The van der Waals surface area contributed by atoms with Crippen molar-refractivity contribution in [3.05, 3.63) is 29.3 Å². The molecule has 4 nitrogen and oxygen atoms in total. The van der Waals surface area contributed by atoms with Crippen molar-refractivity contribution in [1.82, 2.24) is 5.32 Å². The standard InChI is InChI=1S/C15H21NO3/c1-4-16-12(8-13(17)18)11-7-5-6-10-9-15(2,3)19-14(10)11/h5-7,12,16H,4,8-9H2,1-3H3,(H,17,18). The average molecular weight is 263 g/mol. The third-order valence-corrected chi connectivity index (χ3v) is 3.33. The molecular weight excluding hydrogens is 242 g/mol. The summed E-state index contributed by atoms with van der Waals surface area (Å²) < 4.78 is 6.00. The van der Waals surface area contributed by atoms with E-state index in [9.17, 15) is 4.79 Å². The summed E-state index contributed by atoms with van der Waals surface area (Å²) in [6.45, 7) is 6.81. The molecule has 0 aromatic heterocycles. The van der Waals surface area contributed by atoms with Crippen LogP contribution in [0.2, 0.25) is 0 Å². The van der Waals surface area contributed by atoms with Gasteiger partial charge in [-0.15, -0.1) is 0 Å². The fraction of sp³-hybridized carbons (Fsp3) is 0.533. The molecule has 104 valence electrons. The van der Waals surface area contributed by atoms with Gasteiger partial charge in [-0.05, 0) is 26.0 Å². The largest absolute Gasteiger partial charge is 0.487 e. The average Bonchev–Trinajstić information content (AvgIpc) is 2.61. The minimum absolute atomic E-state index is 0.0636. The molecule has 1 heterocycles. The Morgan fingerprint density at radius 1 is 1.53 bits per heavy atom. The van der Waals surface area contributed by atoms with Crippen LogP contribution < -0.4 is 10.1 Å². The Bertz CT molecular complexity index is 482. The first kappa shape index (κ1) is 13.9. The Balaban J connectivity index is 2.34. The number of carbonyl (C=O) groups is 1. The van der Waals surface area contributed by atoms with E-state index in [-0.39, 0.29) is 18.1 Å². The minimum Gasteiger partial charge on any atom is -0.487 e. The second-order valence-electron chi connectivity index (χ2n) is 5.58. The molecule has 0 saturated heterocycles. The van der Waals surface area contributed by atoms with Gasteiger partial charge in [-0.1, -0.05) is 25.1 Å². The fourth-order valence-corrected chi connectivity index (χ4v) is 2.63. The van der Waals surface area contributed by atoms with Gasteiger partial charge in [0, 0.05) is 18.0 Å². The van der Waals surface area contributed by atoms with E-state index in [1.54, 1.807) is 0 Å². The number of hydrogen-bond acceptors (Lipinski definition) is 3. The second kappa shape index (κ2) is 5.21.